The summed E-state index contributed by atoms with van der Waals surface area (Å²) in [6.07, 6.45) is 3.22. The lowest BCUT2D eigenvalue weighted by atomic mass is 10.2. The monoisotopic (exact) mass is 363 g/mol. The molecule has 2 N–H and O–H groups in total. The van der Waals surface area contributed by atoms with Crippen molar-refractivity contribution >= 4 is 33.2 Å². The minimum Gasteiger partial charge on any atom is -0.383 e. The molecule has 5 nitrogen and oxygen atoms in total. The second kappa shape index (κ2) is 7.91. The normalized spacial score (nSPS) is 10.3. The molecule has 1 aromatic carbocycles. The first-order chi connectivity index (χ1) is 10.6. The zero-order valence-electron chi connectivity index (χ0n) is 12.5. The van der Waals surface area contributed by atoms with Crippen LogP contribution in [0.25, 0.3) is 0 Å². The van der Waals surface area contributed by atoms with Crippen LogP contribution in [0.4, 0.5) is 11.4 Å². The Morgan fingerprint density at radius 2 is 2.09 bits per heavy atom. The molecule has 1 heterocycles. The second-order valence-corrected chi connectivity index (χ2v) is 5.65. The maximum Gasteiger partial charge on any atom is 0.257 e. The van der Waals surface area contributed by atoms with Crippen LogP contribution >= 0.6 is 15.9 Å². The Morgan fingerprint density at radius 3 is 2.82 bits per heavy atom. The summed E-state index contributed by atoms with van der Waals surface area (Å²) in [4.78, 5) is 16.4. The molecule has 0 saturated carbocycles. The molecule has 0 aliphatic rings. The van der Waals surface area contributed by atoms with Crippen LogP contribution in [-0.4, -0.2) is 31.2 Å². The van der Waals surface area contributed by atoms with Crippen molar-refractivity contribution in [2.75, 3.05) is 30.9 Å². The minimum absolute atomic E-state index is 0.190. The number of halogens is 1. The molecule has 2 aromatic rings. The number of hydrogen-bond donors (Lipinski definition) is 2. The van der Waals surface area contributed by atoms with Crippen LogP contribution in [-0.2, 0) is 4.74 Å². The smallest absolute Gasteiger partial charge is 0.257 e. The number of carbonyl (C=O) groups is 1. The predicted molar refractivity (Wildman–Crippen MR) is 91.4 cm³/mol. The van der Waals surface area contributed by atoms with Gasteiger partial charge in [-0.2, -0.15) is 0 Å². The molecule has 6 heteroatoms. The third kappa shape index (κ3) is 4.54. The lowest BCUT2D eigenvalue weighted by molar-refractivity contribution is 0.102. The minimum atomic E-state index is -0.190. The van der Waals surface area contributed by atoms with Gasteiger partial charge in [-0.25, -0.2) is 0 Å². The molecule has 0 spiro atoms. The van der Waals surface area contributed by atoms with Crippen LogP contribution in [0.2, 0.25) is 0 Å². The van der Waals surface area contributed by atoms with E-state index in [0.29, 0.717) is 18.7 Å². The predicted octanol–water partition coefficient (Wildman–Crippen LogP) is 3.46. The molecule has 0 saturated heterocycles. The molecule has 0 atom stereocenters. The van der Waals surface area contributed by atoms with Gasteiger partial charge in [0, 0.05) is 36.2 Å². The number of nitrogens with one attached hydrogen (secondary N) is 2. The number of methoxy groups -OCH3 is 1. The van der Waals surface area contributed by atoms with Gasteiger partial charge in [0.2, 0.25) is 0 Å². The number of anilines is 2. The van der Waals surface area contributed by atoms with Crippen molar-refractivity contribution in [2.45, 2.75) is 6.92 Å². The summed E-state index contributed by atoms with van der Waals surface area (Å²) in [5.74, 6) is -0.190. The quantitative estimate of drug-likeness (QED) is 0.771. The SMILES string of the molecule is COCCNc1cncc(C(=O)Nc2ccc(Br)c(C)c2)c1. The Balaban J connectivity index is 2.05. The molecule has 0 fully saturated rings. The maximum atomic E-state index is 12.3. The van der Waals surface area contributed by atoms with Crippen LogP contribution in [0.1, 0.15) is 15.9 Å². The summed E-state index contributed by atoms with van der Waals surface area (Å²) >= 11 is 3.44. The van der Waals surface area contributed by atoms with Gasteiger partial charge in [0.05, 0.1) is 17.9 Å². The zero-order chi connectivity index (χ0) is 15.9. The first kappa shape index (κ1) is 16.5. The van der Waals surface area contributed by atoms with Gasteiger partial charge >= 0.3 is 0 Å². The van der Waals surface area contributed by atoms with E-state index in [-0.39, 0.29) is 5.91 Å². The van der Waals surface area contributed by atoms with Crippen LogP contribution in [0.5, 0.6) is 0 Å². The Bertz CT molecular complexity index is 662. The number of nitrogens with zero attached hydrogens (tertiary/aromatic N) is 1. The Kier molecular flexibility index (Phi) is 5.91. The summed E-state index contributed by atoms with van der Waals surface area (Å²) in [5.41, 5.74) is 3.11. The number of carbonyl (C=O) groups excluding carboxylic acids is 1. The third-order valence-electron chi connectivity index (χ3n) is 3.05. The second-order valence-electron chi connectivity index (χ2n) is 4.80. The lowest BCUT2D eigenvalue weighted by Gasteiger charge is -2.09. The van der Waals surface area contributed by atoms with Crippen molar-refractivity contribution < 1.29 is 9.53 Å². The van der Waals surface area contributed by atoms with E-state index in [2.05, 4.69) is 31.5 Å². The molecule has 116 valence electrons. The largest absolute Gasteiger partial charge is 0.383 e. The maximum absolute atomic E-state index is 12.3. The molecule has 22 heavy (non-hydrogen) atoms. The Labute approximate surface area is 138 Å². The van der Waals surface area contributed by atoms with Gasteiger partial charge in [0.25, 0.3) is 5.91 Å². The Morgan fingerprint density at radius 1 is 1.27 bits per heavy atom. The van der Waals surface area contributed by atoms with Gasteiger partial charge in [-0.3, -0.25) is 9.78 Å². The van der Waals surface area contributed by atoms with Gasteiger partial charge in [-0.05, 0) is 36.8 Å². The van der Waals surface area contributed by atoms with Gasteiger partial charge in [-0.15, -0.1) is 0 Å². The van der Waals surface area contributed by atoms with Crippen LogP contribution in [0.15, 0.2) is 41.1 Å². The van der Waals surface area contributed by atoms with E-state index >= 15 is 0 Å². The number of benzene rings is 1. The first-order valence-corrected chi connectivity index (χ1v) is 7.65. The van der Waals surface area contributed by atoms with E-state index in [4.69, 9.17) is 4.74 Å². The van der Waals surface area contributed by atoms with Crippen molar-refractivity contribution in [3.05, 3.63) is 52.3 Å². The molecule has 0 radical (unpaired) electrons. The molecule has 2 rings (SSSR count). The highest BCUT2D eigenvalue weighted by molar-refractivity contribution is 9.10. The van der Waals surface area contributed by atoms with E-state index in [1.54, 1.807) is 25.6 Å². The fraction of sp³-hybridized carbons (Fsp3) is 0.250. The van der Waals surface area contributed by atoms with Crippen molar-refractivity contribution in [2.24, 2.45) is 0 Å². The standard InChI is InChI=1S/C16H18BrN3O2/c1-11-7-13(3-4-15(11)17)20-16(21)12-8-14(10-18-9-12)19-5-6-22-2/h3-4,7-10,19H,5-6H2,1-2H3,(H,20,21). The van der Waals surface area contributed by atoms with Gasteiger partial charge in [0.1, 0.15) is 0 Å². The van der Waals surface area contributed by atoms with Crippen molar-refractivity contribution in [3.8, 4) is 0 Å². The van der Waals surface area contributed by atoms with Crippen molar-refractivity contribution in [1.82, 2.24) is 4.98 Å². The van der Waals surface area contributed by atoms with Crippen molar-refractivity contribution in [1.29, 1.82) is 0 Å². The van der Waals surface area contributed by atoms with Crippen LogP contribution in [0.3, 0.4) is 0 Å². The third-order valence-corrected chi connectivity index (χ3v) is 3.94. The fourth-order valence-electron chi connectivity index (χ4n) is 1.88. The molecule has 0 aliphatic heterocycles. The number of rotatable bonds is 6. The molecule has 0 unspecified atom stereocenters. The van der Waals surface area contributed by atoms with Crippen molar-refractivity contribution in [3.63, 3.8) is 0 Å². The number of aryl methyl sites for hydroxylation is 1. The van der Waals surface area contributed by atoms with Crippen LogP contribution in [0, 0.1) is 6.92 Å². The average Bonchev–Trinajstić information content (AvgIpc) is 2.51. The molecule has 1 aromatic heterocycles. The summed E-state index contributed by atoms with van der Waals surface area (Å²) in [6.45, 7) is 3.23. The number of amides is 1. The summed E-state index contributed by atoms with van der Waals surface area (Å²) in [5, 5.41) is 6.02. The molecular weight excluding hydrogens is 346 g/mol. The molecule has 0 bridgehead atoms. The van der Waals surface area contributed by atoms with Gasteiger partial charge in [0.15, 0.2) is 0 Å². The number of pyridine rings is 1. The molecular formula is C16H18BrN3O2. The molecule has 0 aliphatic carbocycles. The number of aromatic nitrogens is 1. The summed E-state index contributed by atoms with van der Waals surface area (Å²) in [7, 11) is 1.64. The number of hydrogen-bond acceptors (Lipinski definition) is 4. The summed E-state index contributed by atoms with van der Waals surface area (Å²) in [6, 6.07) is 7.44. The highest BCUT2D eigenvalue weighted by Crippen LogP contribution is 2.20. The van der Waals surface area contributed by atoms with E-state index < -0.39 is 0 Å². The lowest BCUT2D eigenvalue weighted by Crippen LogP contribution is -2.13. The molecule has 1 amide bonds. The average molecular weight is 364 g/mol. The number of ether oxygens (including phenoxy) is 1. The highest BCUT2D eigenvalue weighted by atomic mass is 79.9. The summed E-state index contributed by atoms with van der Waals surface area (Å²) < 4.78 is 5.99. The first-order valence-electron chi connectivity index (χ1n) is 6.85. The zero-order valence-corrected chi connectivity index (χ0v) is 14.1. The van der Waals surface area contributed by atoms with Gasteiger partial charge in [-0.1, -0.05) is 15.9 Å². The van der Waals surface area contributed by atoms with E-state index in [1.807, 2.05) is 25.1 Å². The van der Waals surface area contributed by atoms with E-state index in [9.17, 15) is 4.79 Å². The van der Waals surface area contributed by atoms with E-state index in [0.717, 1.165) is 21.4 Å². The topological polar surface area (TPSA) is 63.2 Å². The van der Waals surface area contributed by atoms with E-state index in [1.165, 1.54) is 0 Å². The Hall–Kier alpha value is -1.92. The van der Waals surface area contributed by atoms with Gasteiger partial charge < -0.3 is 15.4 Å². The highest BCUT2D eigenvalue weighted by Gasteiger charge is 2.08. The fourth-order valence-corrected chi connectivity index (χ4v) is 2.13. The van der Waals surface area contributed by atoms with Crippen LogP contribution < -0.4 is 10.6 Å².